The van der Waals surface area contributed by atoms with Gasteiger partial charge in [0, 0.05) is 0 Å². The maximum atomic E-state index is 5.81. The van der Waals surface area contributed by atoms with Crippen LogP contribution in [-0.4, -0.2) is 22.1 Å². The van der Waals surface area contributed by atoms with Gasteiger partial charge < -0.3 is 10.5 Å². The molecule has 2 rings (SSSR count). The summed E-state index contributed by atoms with van der Waals surface area (Å²) in [4.78, 5) is 12.7. The molecule has 15 heavy (non-hydrogen) atoms. The number of nitrogens with zero attached hydrogens (tertiary/aromatic N) is 3. The molecule has 0 amide bonds. The van der Waals surface area contributed by atoms with E-state index in [9.17, 15) is 0 Å². The molecule has 0 spiro atoms. The predicted octanol–water partition coefficient (Wildman–Crippen LogP) is 1.84. The van der Waals surface area contributed by atoms with Crippen molar-refractivity contribution in [1.82, 2.24) is 15.0 Å². The second-order valence-corrected chi connectivity index (χ2v) is 4.32. The highest BCUT2D eigenvalue weighted by atomic mass is 35.5. The third kappa shape index (κ3) is 2.16. The predicted molar refractivity (Wildman–Crippen MR) is 59.1 cm³/mol. The summed E-state index contributed by atoms with van der Waals surface area (Å²) in [6, 6.07) is 3.79. The summed E-state index contributed by atoms with van der Waals surface area (Å²) in [6.45, 7) is 0. The average molecular weight is 243 g/mol. The Kier molecular flexibility index (Phi) is 2.70. The second-order valence-electron chi connectivity index (χ2n) is 2.61. The summed E-state index contributed by atoms with van der Waals surface area (Å²) in [6.07, 6.45) is 0. The molecular formula is C8H7ClN4OS. The van der Waals surface area contributed by atoms with E-state index in [0.717, 1.165) is 4.88 Å². The first-order valence-corrected chi connectivity index (χ1v) is 5.20. The van der Waals surface area contributed by atoms with Gasteiger partial charge in [-0.25, -0.2) is 0 Å². The maximum Gasteiger partial charge on any atom is 0.321 e. The molecule has 0 fully saturated rings. The number of hydrogen-bond donors (Lipinski definition) is 1. The highest BCUT2D eigenvalue weighted by molar-refractivity contribution is 7.19. The number of methoxy groups -OCH3 is 1. The van der Waals surface area contributed by atoms with Crippen molar-refractivity contribution in [2.75, 3.05) is 12.8 Å². The first kappa shape index (κ1) is 10.1. The molecule has 0 unspecified atom stereocenters. The zero-order valence-corrected chi connectivity index (χ0v) is 9.34. The second kappa shape index (κ2) is 4.00. The quantitative estimate of drug-likeness (QED) is 0.870. The molecule has 2 heterocycles. The highest BCUT2D eigenvalue weighted by Gasteiger charge is 2.08. The van der Waals surface area contributed by atoms with Gasteiger partial charge in [0.1, 0.15) is 0 Å². The number of aromatic nitrogens is 3. The summed E-state index contributed by atoms with van der Waals surface area (Å²) in [5.74, 6) is 0.595. The lowest BCUT2D eigenvalue weighted by Gasteiger charge is -2.00. The fourth-order valence-corrected chi connectivity index (χ4v) is 1.99. The zero-order valence-electron chi connectivity index (χ0n) is 7.77. The molecule has 0 bridgehead atoms. The molecule has 2 aromatic heterocycles. The van der Waals surface area contributed by atoms with Crippen molar-refractivity contribution in [2.45, 2.75) is 0 Å². The van der Waals surface area contributed by atoms with Crippen LogP contribution in [0, 0.1) is 0 Å². The highest BCUT2D eigenvalue weighted by Crippen LogP contribution is 2.29. The van der Waals surface area contributed by atoms with Crippen LogP contribution in [0.15, 0.2) is 12.1 Å². The monoisotopic (exact) mass is 242 g/mol. The van der Waals surface area contributed by atoms with Gasteiger partial charge in [-0.3, -0.25) is 0 Å². The lowest BCUT2D eigenvalue weighted by molar-refractivity contribution is 0.379. The van der Waals surface area contributed by atoms with Gasteiger partial charge in [0.25, 0.3) is 0 Å². The largest absolute Gasteiger partial charge is 0.467 e. The Morgan fingerprint density at radius 2 is 2.13 bits per heavy atom. The Morgan fingerprint density at radius 3 is 2.73 bits per heavy atom. The Bertz CT molecular complexity index is 487. The van der Waals surface area contributed by atoms with E-state index in [1.54, 1.807) is 6.07 Å². The van der Waals surface area contributed by atoms with Gasteiger partial charge in [-0.2, -0.15) is 15.0 Å². The summed E-state index contributed by atoms with van der Waals surface area (Å²) in [5.41, 5.74) is 5.51. The van der Waals surface area contributed by atoms with E-state index in [4.69, 9.17) is 22.1 Å². The number of anilines is 1. The molecule has 2 aromatic rings. The summed E-state index contributed by atoms with van der Waals surface area (Å²) in [5, 5.41) is 0. The molecule has 0 aromatic carbocycles. The smallest absolute Gasteiger partial charge is 0.321 e. The SMILES string of the molecule is COc1nc(N)nc(-c2ccc(Cl)s2)n1. The topological polar surface area (TPSA) is 73.9 Å². The molecule has 2 N–H and O–H groups in total. The van der Waals surface area contributed by atoms with Gasteiger partial charge in [0.15, 0.2) is 5.82 Å². The van der Waals surface area contributed by atoms with E-state index in [-0.39, 0.29) is 12.0 Å². The van der Waals surface area contributed by atoms with Crippen molar-refractivity contribution < 1.29 is 4.74 Å². The van der Waals surface area contributed by atoms with Crippen LogP contribution in [0.5, 0.6) is 6.01 Å². The number of thiophene rings is 1. The van der Waals surface area contributed by atoms with Crippen molar-refractivity contribution >= 4 is 28.9 Å². The summed E-state index contributed by atoms with van der Waals surface area (Å²) >= 11 is 7.18. The first-order valence-electron chi connectivity index (χ1n) is 4.00. The fourth-order valence-electron chi connectivity index (χ4n) is 1.01. The van der Waals surface area contributed by atoms with Gasteiger partial charge >= 0.3 is 6.01 Å². The third-order valence-electron chi connectivity index (χ3n) is 1.61. The van der Waals surface area contributed by atoms with Gasteiger partial charge in [-0.15, -0.1) is 11.3 Å². The Hall–Kier alpha value is -1.40. The van der Waals surface area contributed by atoms with E-state index < -0.39 is 0 Å². The maximum absolute atomic E-state index is 5.81. The Morgan fingerprint density at radius 1 is 1.33 bits per heavy atom. The minimum absolute atomic E-state index is 0.126. The normalized spacial score (nSPS) is 10.3. The van der Waals surface area contributed by atoms with Crippen LogP contribution in [0.25, 0.3) is 10.7 Å². The zero-order chi connectivity index (χ0) is 10.8. The molecule has 0 aliphatic heterocycles. The molecule has 0 saturated heterocycles. The van der Waals surface area contributed by atoms with Crippen molar-refractivity contribution in [2.24, 2.45) is 0 Å². The van der Waals surface area contributed by atoms with E-state index in [2.05, 4.69) is 15.0 Å². The molecular weight excluding hydrogens is 236 g/mol. The van der Waals surface area contributed by atoms with Crippen LogP contribution in [0.3, 0.4) is 0 Å². The van der Waals surface area contributed by atoms with Crippen molar-refractivity contribution in [1.29, 1.82) is 0 Å². The number of nitrogens with two attached hydrogens (primary N) is 1. The molecule has 0 radical (unpaired) electrons. The van der Waals surface area contributed by atoms with Gasteiger partial charge in [0.05, 0.1) is 16.3 Å². The summed E-state index contributed by atoms with van der Waals surface area (Å²) in [7, 11) is 1.47. The number of halogens is 1. The lowest BCUT2D eigenvalue weighted by Crippen LogP contribution is -2.01. The standard InChI is InChI=1S/C8H7ClN4OS/c1-14-8-12-6(11-7(10)13-8)4-2-3-5(9)15-4/h2-3H,1H3,(H2,10,11,12,13). The fraction of sp³-hybridized carbons (Fsp3) is 0.125. The van der Waals surface area contributed by atoms with Crippen LogP contribution >= 0.6 is 22.9 Å². The molecule has 0 aliphatic rings. The van der Waals surface area contributed by atoms with Crippen LogP contribution in [0.1, 0.15) is 0 Å². The van der Waals surface area contributed by atoms with Crippen molar-refractivity contribution in [3.05, 3.63) is 16.5 Å². The lowest BCUT2D eigenvalue weighted by atomic mass is 10.4. The van der Waals surface area contributed by atoms with Gasteiger partial charge in [-0.1, -0.05) is 11.6 Å². The minimum Gasteiger partial charge on any atom is -0.467 e. The molecule has 7 heteroatoms. The van der Waals surface area contributed by atoms with Crippen molar-refractivity contribution in [3.8, 4) is 16.7 Å². The van der Waals surface area contributed by atoms with Crippen LogP contribution in [0.4, 0.5) is 5.95 Å². The number of hydrogen-bond acceptors (Lipinski definition) is 6. The molecule has 78 valence electrons. The van der Waals surface area contributed by atoms with E-state index in [1.807, 2.05) is 6.07 Å². The Labute approximate surface area is 94.9 Å². The third-order valence-corrected chi connectivity index (χ3v) is 2.84. The van der Waals surface area contributed by atoms with Crippen LogP contribution < -0.4 is 10.5 Å². The van der Waals surface area contributed by atoms with Crippen LogP contribution in [-0.2, 0) is 0 Å². The van der Waals surface area contributed by atoms with E-state index in [1.165, 1.54) is 18.4 Å². The molecule has 0 atom stereocenters. The number of nitrogen functional groups attached to an aromatic ring is 1. The van der Waals surface area contributed by atoms with Gasteiger partial charge in [-0.05, 0) is 12.1 Å². The molecule has 5 nitrogen and oxygen atoms in total. The number of ether oxygens (including phenoxy) is 1. The average Bonchev–Trinajstić information content (AvgIpc) is 2.64. The van der Waals surface area contributed by atoms with Crippen LogP contribution in [0.2, 0.25) is 4.34 Å². The van der Waals surface area contributed by atoms with Crippen molar-refractivity contribution in [3.63, 3.8) is 0 Å². The minimum atomic E-state index is 0.126. The summed E-state index contributed by atoms with van der Waals surface area (Å²) < 4.78 is 5.56. The Balaban J connectivity index is 2.48. The van der Waals surface area contributed by atoms with E-state index >= 15 is 0 Å². The molecule has 0 saturated carbocycles. The van der Waals surface area contributed by atoms with E-state index in [0.29, 0.717) is 10.2 Å². The van der Waals surface area contributed by atoms with Gasteiger partial charge in [0.2, 0.25) is 5.95 Å². The number of rotatable bonds is 2. The molecule has 0 aliphatic carbocycles. The first-order chi connectivity index (χ1) is 7.19.